The fourth-order valence-corrected chi connectivity index (χ4v) is 2.31. The normalized spacial score (nSPS) is 10.7. The van der Waals surface area contributed by atoms with Crippen LogP contribution in [0.25, 0.3) is 10.9 Å². The zero-order valence-corrected chi connectivity index (χ0v) is 10.3. The van der Waals surface area contributed by atoms with Crippen LogP contribution in [0.5, 0.6) is 0 Å². The summed E-state index contributed by atoms with van der Waals surface area (Å²) < 4.78 is 0. The number of fused-ring (bicyclic) bond motifs is 1. The lowest BCUT2D eigenvalue weighted by Crippen LogP contribution is -1.97. The minimum atomic E-state index is -0.888. The first-order chi connectivity index (χ1) is 9.24. The molecule has 0 bridgehead atoms. The molecule has 2 aromatic carbocycles. The van der Waals surface area contributed by atoms with E-state index in [1.807, 2.05) is 30.5 Å². The van der Waals surface area contributed by atoms with E-state index >= 15 is 0 Å². The molecule has 3 aromatic rings. The van der Waals surface area contributed by atoms with Crippen molar-refractivity contribution in [1.82, 2.24) is 4.98 Å². The Balaban J connectivity index is 1.97. The number of carboxylic acids is 1. The second-order valence-electron chi connectivity index (χ2n) is 4.54. The molecule has 0 fully saturated rings. The van der Waals surface area contributed by atoms with E-state index in [1.165, 1.54) is 10.9 Å². The van der Waals surface area contributed by atoms with Crippen molar-refractivity contribution in [2.45, 2.75) is 6.42 Å². The van der Waals surface area contributed by atoms with E-state index in [9.17, 15) is 4.79 Å². The van der Waals surface area contributed by atoms with E-state index in [1.54, 1.807) is 18.2 Å². The quantitative estimate of drug-likeness (QED) is 0.749. The van der Waals surface area contributed by atoms with Crippen LogP contribution in [0.1, 0.15) is 21.5 Å². The van der Waals surface area contributed by atoms with Crippen LogP contribution in [0, 0.1) is 0 Å². The first kappa shape index (κ1) is 11.5. The number of carboxylic acid groups (broad SMARTS) is 1. The number of hydrogen-bond acceptors (Lipinski definition) is 1. The molecule has 1 aromatic heterocycles. The molecule has 0 amide bonds. The van der Waals surface area contributed by atoms with E-state index in [-0.39, 0.29) is 0 Å². The lowest BCUT2D eigenvalue weighted by molar-refractivity contribution is 0.0697. The van der Waals surface area contributed by atoms with Crippen LogP contribution >= 0.6 is 0 Å². The third-order valence-corrected chi connectivity index (χ3v) is 3.24. The average Bonchev–Trinajstić information content (AvgIpc) is 2.83. The van der Waals surface area contributed by atoms with Crippen molar-refractivity contribution in [1.29, 1.82) is 0 Å². The molecule has 3 heteroatoms. The molecule has 2 N–H and O–H groups in total. The topological polar surface area (TPSA) is 53.1 Å². The highest BCUT2D eigenvalue weighted by Crippen LogP contribution is 2.21. The predicted molar refractivity (Wildman–Crippen MR) is 74.5 cm³/mol. The molecular weight excluding hydrogens is 238 g/mol. The molecule has 19 heavy (non-hydrogen) atoms. The van der Waals surface area contributed by atoms with E-state index in [2.05, 4.69) is 11.1 Å². The van der Waals surface area contributed by atoms with Gasteiger partial charge in [-0.1, -0.05) is 30.3 Å². The van der Waals surface area contributed by atoms with Gasteiger partial charge in [-0.15, -0.1) is 0 Å². The van der Waals surface area contributed by atoms with Crippen LogP contribution in [0.3, 0.4) is 0 Å². The third-order valence-electron chi connectivity index (χ3n) is 3.24. The van der Waals surface area contributed by atoms with Crippen molar-refractivity contribution in [3.8, 4) is 0 Å². The van der Waals surface area contributed by atoms with E-state index in [4.69, 9.17) is 5.11 Å². The Bertz CT molecular complexity index is 743. The number of rotatable bonds is 3. The third kappa shape index (κ3) is 2.22. The molecule has 1 heterocycles. The maximum absolute atomic E-state index is 11.0. The van der Waals surface area contributed by atoms with Gasteiger partial charge < -0.3 is 10.1 Å². The highest BCUT2D eigenvalue weighted by atomic mass is 16.4. The second-order valence-corrected chi connectivity index (χ2v) is 4.54. The summed E-state index contributed by atoms with van der Waals surface area (Å²) in [5, 5.41) is 10.2. The molecule has 0 aliphatic rings. The standard InChI is InChI=1S/C16H13NO2/c18-16(19)12-5-3-4-11(8-12)9-13-10-17-15-7-2-1-6-14(13)15/h1-8,10,17H,9H2,(H,18,19). The maximum Gasteiger partial charge on any atom is 0.335 e. The number of benzene rings is 2. The van der Waals surface area contributed by atoms with Crippen molar-refractivity contribution in [3.05, 3.63) is 71.4 Å². The zero-order valence-electron chi connectivity index (χ0n) is 10.3. The highest BCUT2D eigenvalue weighted by Gasteiger charge is 2.06. The van der Waals surface area contributed by atoms with Gasteiger partial charge in [-0.3, -0.25) is 0 Å². The van der Waals surface area contributed by atoms with Gasteiger partial charge in [0, 0.05) is 17.1 Å². The Kier molecular flexibility index (Phi) is 2.80. The molecule has 0 atom stereocenters. The molecule has 3 nitrogen and oxygen atoms in total. The van der Waals surface area contributed by atoms with Gasteiger partial charge in [-0.05, 0) is 35.7 Å². The number of aromatic carboxylic acids is 1. The van der Waals surface area contributed by atoms with Crippen molar-refractivity contribution < 1.29 is 9.90 Å². The number of aromatic amines is 1. The van der Waals surface area contributed by atoms with Crippen LogP contribution in [-0.4, -0.2) is 16.1 Å². The van der Waals surface area contributed by atoms with Gasteiger partial charge in [0.2, 0.25) is 0 Å². The maximum atomic E-state index is 11.0. The van der Waals surface area contributed by atoms with Crippen LogP contribution in [0.2, 0.25) is 0 Å². The molecule has 0 saturated carbocycles. The van der Waals surface area contributed by atoms with Crippen LogP contribution in [-0.2, 0) is 6.42 Å². The number of hydrogen-bond donors (Lipinski definition) is 2. The Hall–Kier alpha value is -2.55. The summed E-state index contributed by atoms with van der Waals surface area (Å²) in [7, 11) is 0. The van der Waals surface area contributed by atoms with Gasteiger partial charge in [-0.25, -0.2) is 4.79 Å². The summed E-state index contributed by atoms with van der Waals surface area (Å²) in [6, 6.07) is 15.2. The fourth-order valence-electron chi connectivity index (χ4n) is 2.31. The van der Waals surface area contributed by atoms with Gasteiger partial charge in [0.1, 0.15) is 0 Å². The van der Waals surface area contributed by atoms with Gasteiger partial charge >= 0.3 is 5.97 Å². The number of carbonyl (C=O) groups is 1. The number of para-hydroxylation sites is 1. The molecule has 0 unspecified atom stereocenters. The van der Waals surface area contributed by atoms with E-state index in [0.717, 1.165) is 17.5 Å². The average molecular weight is 251 g/mol. The molecule has 0 aliphatic heterocycles. The zero-order chi connectivity index (χ0) is 13.2. The van der Waals surface area contributed by atoms with Gasteiger partial charge in [-0.2, -0.15) is 0 Å². The smallest absolute Gasteiger partial charge is 0.335 e. The van der Waals surface area contributed by atoms with Crippen molar-refractivity contribution in [2.75, 3.05) is 0 Å². The molecule has 3 rings (SSSR count). The predicted octanol–water partition coefficient (Wildman–Crippen LogP) is 3.46. The summed E-state index contributed by atoms with van der Waals surface area (Å²) in [5.74, 6) is -0.888. The summed E-state index contributed by atoms with van der Waals surface area (Å²) in [6.07, 6.45) is 2.71. The van der Waals surface area contributed by atoms with E-state index < -0.39 is 5.97 Å². The van der Waals surface area contributed by atoms with Gasteiger partial charge in [0.15, 0.2) is 0 Å². The number of aromatic nitrogens is 1. The van der Waals surface area contributed by atoms with Crippen molar-refractivity contribution in [2.24, 2.45) is 0 Å². The van der Waals surface area contributed by atoms with Crippen molar-refractivity contribution in [3.63, 3.8) is 0 Å². The largest absolute Gasteiger partial charge is 0.478 e. The number of H-pyrrole nitrogens is 1. The minimum absolute atomic E-state index is 0.331. The molecule has 94 valence electrons. The summed E-state index contributed by atoms with van der Waals surface area (Å²) in [5.41, 5.74) is 3.62. The Labute approximate surface area is 110 Å². The second kappa shape index (κ2) is 4.61. The Morgan fingerprint density at radius 2 is 1.95 bits per heavy atom. The summed E-state index contributed by atoms with van der Waals surface area (Å²) in [4.78, 5) is 14.2. The summed E-state index contributed by atoms with van der Waals surface area (Å²) in [6.45, 7) is 0. The van der Waals surface area contributed by atoms with Crippen LogP contribution < -0.4 is 0 Å². The Morgan fingerprint density at radius 3 is 2.79 bits per heavy atom. The highest BCUT2D eigenvalue weighted by molar-refractivity contribution is 5.88. The van der Waals surface area contributed by atoms with Crippen molar-refractivity contribution >= 4 is 16.9 Å². The van der Waals surface area contributed by atoms with Crippen LogP contribution in [0.15, 0.2) is 54.7 Å². The molecule has 0 aliphatic carbocycles. The number of nitrogens with one attached hydrogen (secondary N) is 1. The fraction of sp³-hybridized carbons (Fsp3) is 0.0625. The minimum Gasteiger partial charge on any atom is -0.478 e. The molecule has 0 radical (unpaired) electrons. The summed E-state index contributed by atoms with van der Waals surface area (Å²) >= 11 is 0. The van der Waals surface area contributed by atoms with E-state index in [0.29, 0.717) is 5.56 Å². The molecule has 0 spiro atoms. The van der Waals surface area contributed by atoms with Gasteiger partial charge in [0.25, 0.3) is 0 Å². The first-order valence-corrected chi connectivity index (χ1v) is 6.11. The molecule has 0 saturated heterocycles. The monoisotopic (exact) mass is 251 g/mol. The SMILES string of the molecule is O=C(O)c1cccc(Cc2c[nH]c3ccccc23)c1. The Morgan fingerprint density at radius 1 is 1.11 bits per heavy atom. The van der Waals surface area contributed by atoms with Gasteiger partial charge in [0.05, 0.1) is 5.56 Å². The molecular formula is C16H13NO2. The lowest BCUT2D eigenvalue weighted by atomic mass is 10.0. The first-order valence-electron chi connectivity index (χ1n) is 6.11. The van der Waals surface area contributed by atoms with Crippen LogP contribution in [0.4, 0.5) is 0 Å². The lowest BCUT2D eigenvalue weighted by Gasteiger charge is -2.02.